The molecule has 2 aliphatic rings. The fraction of sp³-hybridized carbons (Fsp3) is 0.647. The van der Waals surface area contributed by atoms with Crippen LogP contribution < -0.4 is 10.1 Å². The molecule has 3 rings (SSSR count). The molecule has 2 saturated heterocycles. The summed E-state index contributed by atoms with van der Waals surface area (Å²) in [6, 6.07) is 6.36. The highest BCUT2D eigenvalue weighted by molar-refractivity contribution is 5.33. The van der Waals surface area contributed by atoms with Crippen molar-refractivity contribution in [3.8, 4) is 5.75 Å². The summed E-state index contributed by atoms with van der Waals surface area (Å²) in [5.74, 6) is 2.81. The van der Waals surface area contributed by atoms with Crippen LogP contribution in [0.15, 0.2) is 18.2 Å². The fourth-order valence-corrected chi connectivity index (χ4v) is 3.42. The summed E-state index contributed by atoms with van der Waals surface area (Å²) in [4.78, 5) is 2.61. The number of aryl methyl sites for hydroxylation is 2. The predicted molar refractivity (Wildman–Crippen MR) is 82.3 cm³/mol. The van der Waals surface area contributed by atoms with Crippen LogP contribution in [0.1, 0.15) is 17.5 Å². The summed E-state index contributed by atoms with van der Waals surface area (Å²) in [7, 11) is 0. The summed E-state index contributed by atoms with van der Waals surface area (Å²) < 4.78 is 5.86. The Labute approximate surface area is 122 Å². The summed E-state index contributed by atoms with van der Waals surface area (Å²) in [6.45, 7) is 11.3. The summed E-state index contributed by atoms with van der Waals surface area (Å²) in [5, 5.41) is 3.49. The van der Waals surface area contributed by atoms with Crippen LogP contribution in [0.4, 0.5) is 0 Å². The second kappa shape index (κ2) is 6.15. The standard InChI is InChI=1S/C17H26N2O/c1-13-4-5-17(8-14(13)2)20-7-3-6-19-11-15-9-18-10-16(15)12-19/h4-5,8,15-16,18H,3,6-7,9-12H2,1-2H3/t15-,16+. The zero-order valence-electron chi connectivity index (χ0n) is 12.7. The molecule has 0 bridgehead atoms. The van der Waals surface area contributed by atoms with E-state index in [-0.39, 0.29) is 0 Å². The van der Waals surface area contributed by atoms with Gasteiger partial charge in [-0.3, -0.25) is 0 Å². The maximum atomic E-state index is 5.86. The van der Waals surface area contributed by atoms with Crippen LogP contribution in [0.2, 0.25) is 0 Å². The molecule has 2 aliphatic heterocycles. The van der Waals surface area contributed by atoms with E-state index in [4.69, 9.17) is 4.74 Å². The Kier molecular flexibility index (Phi) is 4.27. The van der Waals surface area contributed by atoms with Gasteiger partial charge in [0.2, 0.25) is 0 Å². The van der Waals surface area contributed by atoms with E-state index in [0.717, 1.165) is 30.6 Å². The van der Waals surface area contributed by atoms with Gasteiger partial charge in [-0.2, -0.15) is 0 Å². The van der Waals surface area contributed by atoms with E-state index in [1.807, 2.05) is 0 Å². The molecule has 0 saturated carbocycles. The maximum absolute atomic E-state index is 5.86. The average Bonchev–Trinajstić information content (AvgIpc) is 2.99. The Morgan fingerprint density at radius 2 is 1.90 bits per heavy atom. The molecule has 1 aromatic rings. The minimum atomic E-state index is 0.826. The number of likely N-dealkylation sites (tertiary alicyclic amines) is 1. The first-order valence-corrected chi connectivity index (χ1v) is 7.85. The largest absolute Gasteiger partial charge is 0.494 e. The molecule has 0 radical (unpaired) electrons. The summed E-state index contributed by atoms with van der Waals surface area (Å²) >= 11 is 0. The molecular formula is C17H26N2O. The maximum Gasteiger partial charge on any atom is 0.119 e. The number of hydrogen-bond acceptors (Lipinski definition) is 3. The monoisotopic (exact) mass is 274 g/mol. The number of ether oxygens (including phenoxy) is 1. The number of nitrogens with one attached hydrogen (secondary N) is 1. The summed E-state index contributed by atoms with van der Waals surface area (Å²) in [5.41, 5.74) is 2.64. The first kappa shape index (κ1) is 13.9. The number of nitrogens with zero attached hydrogens (tertiary/aromatic N) is 1. The van der Waals surface area contributed by atoms with Gasteiger partial charge in [0.05, 0.1) is 6.61 Å². The van der Waals surface area contributed by atoms with Crippen LogP contribution >= 0.6 is 0 Å². The van der Waals surface area contributed by atoms with Crippen molar-refractivity contribution in [3.63, 3.8) is 0 Å². The highest BCUT2D eigenvalue weighted by Gasteiger charge is 2.35. The van der Waals surface area contributed by atoms with Crippen LogP contribution in [0.25, 0.3) is 0 Å². The fourth-order valence-electron chi connectivity index (χ4n) is 3.42. The van der Waals surface area contributed by atoms with Gasteiger partial charge in [-0.05, 0) is 68.5 Å². The first-order chi connectivity index (χ1) is 9.72. The Balaban J connectivity index is 1.37. The number of fused-ring (bicyclic) bond motifs is 1. The molecule has 20 heavy (non-hydrogen) atoms. The van der Waals surface area contributed by atoms with E-state index in [1.54, 1.807) is 0 Å². The van der Waals surface area contributed by atoms with Crippen molar-refractivity contribution >= 4 is 0 Å². The van der Waals surface area contributed by atoms with Gasteiger partial charge in [0, 0.05) is 19.6 Å². The normalized spacial score (nSPS) is 25.9. The third-order valence-corrected chi connectivity index (χ3v) is 4.83. The zero-order chi connectivity index (χ0) is 13.9. The molecule has 0 aliphatic carbocycles. The van der Waals surface area contributed by atoms with Crippen molar-refractivity contribution in [1.82, 2.24) is 10.2 Å². The third-order valence-electron chi connectivity index (χ3n) is 4.83. The molecule has 110 valence electrons. The van der Waals surface area contributed by atoms with E-state index in [1.165, 1.54) is 43.9 Å². The van der Waals surface area contributed by atoms with Gasteiger partial charge in [0.25, 0.3) is 0 Å². The van der Waals surface area contributed by atoms with Gasteiger partial charge in [-0.15, -0.1) is 0 Å². The minimum absolute atomic E-state index is 0.826. The third kappa shape index (κ3) is 3.15. The summed E-state index contributed by atoms with van der Waals surface area (Å²) in [6.07, 6.45) is 1.12. The Morgan fingerprint density at radius 1 is 1.15 bits per heavy atom. The second-order valence-electron chi connectivity index (χ2n) is 6.39. The Bertz CT molecular complexity index is 448. The molecule has 0 aromatic heterocycles. The lowest BCUT2D eigenvalue weighted by Gasteiger charge is -2.17. The van der Waals surface area contributed by atoms with Gasteiger partial charge in [0.1, 0.15) is 5.75 Å². The zero-order valence-corrected chi connectivity index (χ0v) is 12.7. The van der Waals surface area contributed by atoms with Gasteiger partial charge in [-0.1, -0.05) is 6.07 Å². The molecule has 1 N–H and O–H groups in total. The lowest BCUT2D eigenvalue weighted by molar-refractivity contribution is 0.254. The predicted octanol–water partition coefficient (Wildman–Crippen LogP) is 2.22. The minimum Gasteiger partial charge on any atom is -0.494 e. The van der Waals surface area contributed by atoms with Crippen molar-refractivity contribution < 1.29 is 4.74 Å². The molecule has 3 heteroatoms. The molecule has 2 atom stereocenters. The number of hydrogen-bond donors (Lipinski definition) is 1. The van der Waals surface area contributed by atoms with Crippen molar-refractivity contribution in [2.75, 3.05) is 39.3 Å². The Hall–Kier alpha value is -1.06. The van der Waals surface area contributed by atoms with Crippen molar-refractivity contribution in [3.05, 3.63) is 29.3 Å². The average molecular weight is 274 g/mol. The molecule has 1 aromatic carbocycles. The highest BCUT2D eigenvalue weighted by Crippen LogP contribution is 2.26. The van der Waals surface area contributed by atoms with Crippen molar-refractivity contribution in [2.24, 2.45) is 11.8 Å². The Morgan fingerprint density at radius 3 is 2.60 bits per heavy atom. The van der Waals surface area contributed by atoms with E-state index in [2.05, 4.69) is 42.3 Å². The van der Waals surface area contributed by atoms with Crippen LogP contribution in [-0.2, 0) is 0 Å². The molecule has 0 unspecified atom stereocenters. The molecule has 3 nitrogen and oxygen atoms in total. The van der Waals surface area contributed by atoms with Crippen LogP contribution in [-0.4, -0.2) is 44.2 Å². The van der Waals surface area contributed by atoms with E-state index < -0.39 is 0 Å². The van der Waals surface area contributed by atoms with Gasteiger partial charge < -0.3 is 15.0 Å². The highest BCUT2D eigenvalue weighted by atomic mass is 16.5. The SMILES string of the molecule is Cc1ccc(OCCCN2C[C@H]3CNC[C@H]3C2)cc1C. The molecule has 0 amide bonds. The van der Waals surface area contributed by atoms with Crippen molar-refractivity contribution in [1.29, 1.82) is 0 Å². The smallest absolute Gasteiger partial charge is 0.119 e. The van der Waals surface area contributed by atoms with Crippen LogP contribution in [0, 0.1) is 25.7 Å². The second-order valence-corrected chi connectivity index (χ2v) is 6.39. The lowest BCUT2D eigenvalue weighted by atomic mass is 10.0. The van der Waals surface area contributed by atoms with Crippen molar-refractivity contribution in [2.45, 2.75) is 20.3 Å². The van der Waals surface area contributed by atoms with E-state index in [0.29, 0.717) is 0 Å². The van der Waals surface area contributed by atoms with Gasteiger partial charge >= 0.3 is 0 Å². The molecular weight excluding hydrogens is 248 g/mol. The van der Waals surface area contributed by atoms with Gasteiger partial charge in [-0.25, -0.2) is 0 Å². The first-order valence-electron chi connectivity index (χ1n) is 7.85. The van der Waals surface area contributed by atoms with Crippen LogP contribution in [0.3, 0.4) is 0 Å². The van der Waals surface area contributed by atoms with E-state index >= 15 is 0 Å². The number of rotatable bonds is 5. The van der Waals surface area contributed by atoms with E-state index in [9.17, 15) is 0 Å². The quantitative estimate of drug-likeness (QED) is 0.833. The molecule has 0 spiro atoms. The van der Waals surface area contributed by atoms with Crippen LogP contribution in [0.5, 0.6) is 5.75 Å². The lowest BCUT2D eigenvalue weighted by Crippen LogP contribution is -2.27. The molecule has 2 heterocycles. The van der Waals surface area contributed by atoms with Gasteiger partial charge in [0.15, 0.2) is 0 Å². The molecule has 2 fully saturated rings. The topological polar surface area (TPSA) is 24.5 Å². The number of benzene rings is 1.